The Morgan fingerprint density at radius 1 is 1.21 bits per heavy atom. The fourth-order valence-corrected chi connectivity index (χ4v) is 3.13. The zero-order chi connectivity index (χ0) is 17.1. The molecule has 1 unspecified atom stereocenters. The zero-order valence-electron chi connectivity index (χ0n) is 14.3. The Kier molecular flexibility index (Phi) is 5.12. The number of rotatable bonds is 5. The highest BCUT2D eigenvalue weighted by Gasteiger charge is 2.22. The Hall–Kier alpha value is -1.97. The maximum atomic E-state index is 6.40. The number of allylic oxidation sites excluding steroid dienone is 1. The van der Waals surface area contributed by atoms with Gasteiger partial charge in [-0.15, -0.1) is 0 Å². The third kappa shape index (κ3) is 3.74. The molecule has 4 heteroatoms. The lowest BCUT2D eigenvalue weighted by Crippen LogP contribution is -2.25. The van der Waals surface area contributed by atoms with Crippen molar-refractivity contribution in [3.05, 3.63) is 76.6 Å². The minimum Gasteiger partial charge on any atom is -0.474 e. The summed E-state index contributed by atoms with van der Waals surface area (Å²) >= 11 is 6.40. The summed E-state index contributed by atoms with van der Waals surface area (Å²) in [6, 6.07) is 16.9. The molecule has 0 amide bonds. The number of nitrogens with zero attached hydrogens (tertiary/aromatic N) is 1. The van der Waals surface area contributed by atoms with Crippen molar-refractivity contribution in [2.75, 3.05) is 4.90 Å². The Morgan fingerprint density at radius 2 is 1.96 bits per heavy atom. The van der Waals surface area contributed by atoms with Crippen LogP contribution >= 0.6 is 11.6 Å². The molecule has 1 aliphatic rings. The van der Waals surface area contributed by atoms with E-state index < -0.39 is 0 Å². The van der Waals surface area contributed by atoms with Crippen molar-refractivity contribution in [2.24, 2.45) is 0 Å². The highest BCUT2D eigenvalue weighted by atomic mass is 35.5. The molecule has 0 bridgehead atoms. The zero-order valence-corrected chi connectivity index (χ0v) is 15.0. The van der Waals surface area contributed by atoms with Crippen LogP contribution in [0, 0.1) is 0 Å². The maximum absolute atomic E-state index is 6.40. The summed E-state index contributed by atoms with van der Waals surface area (Å²) in [5.41, 5.74) is 3.46. The van der Waals surface area contributed by atoms with Gasteiger partial charge in [0, 0.05) is 18.8 Å². The van der Waals surface area contributed by atoms with Crippen LogP contribution in [0.15, 0.2) is 60.5 Å². The van der Waals surface area contributed by atoms with Crippen molar-refractivity contribution >= 4 is 17.3 Å². The van der Waals surface area contributed by atoms with Gasteiger partial charge >= 0.3 is 0 Å². The summed E-state index contributed by atoms with van der Waals surface area (Å²) in [5, 5.41) is 4.30. The van der Waals surface area contributed by atoms with Crippen molar-refractivity contribution in [1.82, 2.24) is 5.32 Å². The number of anilines is 1. The van der Waals surface area contributed by atoms with Crippen molar-refractivity contribution in [3.63, 3.8) is 0 Å². The Bertz CT molecular complexity index is 730. The van der Waals surface area contributed by atoms with Gasteiger partial charge in [-0.05, 0) is 44.0 Å². The third-order valence-electron chi connectivity index (χ3n) is 4.27. The van der Waals surface area contributed by atoms with E-state index in [-0.39, 0.29) is 6.23 Å². The second kappa shape index (κ2) is 7.29. The summed E-state index contributed by atoms with van der Waals surface area (Å²) < 4.78 is 5.69. The lowest BCUT2D eigenvalue weighted by molar-refractivity contribution is 0.162. The van der Waals surface area contributed by atoms with Crippen LogP contribution in [0.1, 0.15) is 37.9 Å². The summed E-state index contributed by atoms with van der Waals surface area (Å²) in [6.07, 6.45) is 1.96. The smallest absolute Gasteiger partial charge is 0.172 e. The van der Waals surface area contributed by atoms with Gasteiger partial charge in [0.05, 0.1) is 10.7 Å². The number of hydrogen-bond acceptors (Lipinski definition) is 3. The summed E-state index contributed by atoms with van der Waals surface area (Å²) in [7, 11) is 0. The molecule has 0 radical (unpaired) electrons. The van der Waals surface area contributed by atoms with E-state index in [9.17, 15) is 0 Å². The van der Waals surface area contributed by atoms with Gasteiger partial charge in [0.2, 0.25) is 0 Å². The van der Waals surface area contributed by atoms with E-state index in [1.54, 1.807) is 0 Å². The molecule has 24 heavy (non-hydrogen) atoms. The molecule has 1 aliphatic heterocycles. The predicted octanol–water partition coefficient (Wildman–Crippen LogP) is 5.23. The van der Waals surface area contributed by atoms with E-state index in [1.165, 1.54) is 11.1 Å². The molecule has 1 N–H and O–H groups in total. The molecular weight excluding hydrogens is 320 g/mol. The molecule has 3 rings (SSSR count). The van der Waals surface area contributed by atoms with Gasteiger partial charge in [-0.25, -0.2) is 0 Å². The standard InChI is InChI=1S/C20H23ClN2O/c1-14-13-23(16(3)24-14)20-11-17(9-10-19(20)21)12-22-15(2)18-7-5-4-6-8-18/h4-11,13,15-16,22H,12H2,1-3H3/t15-,16?/m1/s1. The molecule has 0 aromatic heterocycles. The van der Waals surface area contributed by atoms with Crippen molar-refractivity contribution < 1.29 is 4.74 Å². The molecule has 0 saturated carbocycles. The van der Waals surface area contributed by atoms with Gasteiger partial charge in [-0.3, -0.25) is 0 Å². The van der Waals surface area contributed by atoms with E-state index >= 15 is 0 Å². The lowest BCUT2D eigenvalue weighted by Gasteiger charge is -2.23. The predicted molar refractivity (Wildman–Crippen MR) is 99.9 cm³/mol. The van der Waals surface area contributed by atoms with Gasteiger partial charge in [0.15, 0.2) is 6.23 Å². The molecule has 0 spiro atoms. The largest absolute Gasteiger partial charge is 0.474 e. The van der Waals surface area contributed by atoms with E-state index in [0.717, 1.165) is 23.0 Å². The van der Waals surface area contributed by atoms with Crippen molar-refractivity contribution in [2.45, 2.75) is 39.6 Å². The molecule has 126 valence electrons. The number of ether oxygens (including phenoxy) is 1. The first-order valence-electron chi connectivity index (χ1n) is 8.25. The Balaban J connectivity index is 1.72. The first-order chi connectivity index (χ1) is 11.5. The summed E-state index contributed by atoms with van der Waals surface area (Å²) in [6.45, 7) is 6.93. The van der Waals surface area contributed by atoms with Crippen LogP contribution in [0.25, 0.3) is 0 Å². The van der Waals surface area contributed by atoms with E-state index in [2.05, 4.69) is 53.5 Å². The first-order valence-corrected chi connectivity index (χ1v) is 8.62. The van der Waals surface area contributed by atoms with Gasteiger partial charge < -0.3 is 15.0 Å². The molecule has 2 aromatic rings. The first kappa shape index (κ1) is 16.9. The highest BCUT2D eigenvalue weighted by Crippen LogP contribution is 2.33. The Labute approximate surface area is 148 Å². The average Bonchev–Trinajstić information content (AvgIpc) is 2.93. The third-order valence-corrected chi connectivity index (χ3v) is 4.59. The number of halogens is 1. The van der Waals surface area contributed by atoms with Crippen LogP contribution in [0.5, 0.6) is 0 Å². The quantitative estimate of drug-likeness (QED) is 0.804. The summed E-state index contributed by atoms with van der Waals surface area (Å²) in [4.78, 5) is 2.07. The number of benzene rings is 2. The van der Waals surface area contributed by atoms with Crippen LogP contribution in [-0.2, 0) is 11.3 Å². The average molecular weight is 343 g/mol. The van der Waals surface area contributed by atoms with E-state index in [1.807, 2.05) is 32.2 Å². The Morgan fingerprint density at radius 3 is 2.62 bits per heavy atom. The minimum absolute atomic E-state index is 0.0334. The minimum atomic E-state index is -0.0334. The lowest BCUT2D eigenvalue weighted by atomic mass is 10.1. The molecule has 2 atom stereocenters. The van der Waals surface area contributed by atoms with Gasteiger partial charge in [-0.2, -0.15) is 0 Å². The molecule has 2 aromatic carbocycles. The van der Waals surface area contributed by atoms with Crippen LogP contribution in [-0.4, -0.2) is 6.23 Å². The van der Waals surface area contributed by atoms with Crippen LogP contribution in [0.4, 0.5) is 5.69 Å². The van der Waals surface area contributed by atoms with Crippen molar-refractivity contribution in [3.8, 4) is 0 Å². The second-order valence-corrected chi connectivity index (χ2v) is 6.57. The normalized spacial score (nSPS) is 18.2. The molecule has 0 saturated heterocycles. The second-order valence-electron chi connectivity index (χ2n) is 6.16. The van der Waals surface area contributed by atoms with Gasteiger partial charge in [0.25, 0.3) is 0 Å². The van der Waals surface area contributed by atoms with E-state index in [4.69, 9.17) is 16.3 Å². The SMILES string of the molecule is CC1=CN(c2cc(CN[C@H](C)c3ccccc3)ccc2Cl)C(C)O1. The monoisotopic (exact) mass is 342 g/mol. The van der Waals surface area contributed by atoms with Crippen LogP contribution < -0.4 is 10.2 Å². The topological polar surface area (TPSA) is 24.5 Å². The van der Waals surface area contributed by atoms with Gasteiger partial charge in [-0.1, -0.05) is 48.0 Å². The van der Waals surface area contributed by atoms with Gasteiger partial charge in [0.1, 0.15) is 5.76 Å². The van der Waals surface area contributed by atoms with Crippen molar-refractivity contribution in [1.29, 1.82) is 0 Å². The molecule has 0 fully saturated rings. The highest BCUT2D eigenvalue weighted by molar-refractivity contribution is 6.33. The van der Waals surface area contributed by atoms with E-state index in [0.29, 0.717) is 6.04 Å². The maximum Gasteiger partial charge on any atom is 0.172 e. The molecule has 3 nitrogen and oxygen atoms in total. The van der Waals surface area contributed by atoms with Crippen LogP contribution in [0.3, 0.4) is 0 Å². The summed E-state index contributed by atoms with van der Waals surface area (Å²) in [5.74, 6) is 0.903. The molecule has 0 aliphatic carbocycles. The fraction of sp³-hybridized carbons (Fsp3) is 0.300. The molecular formula is C20H23ClN2O. The number of nitrogens with one attached hydrogen (secondary N) is 1. The fourth-order valence-electron chi connectivity index (χ4n) is 2.92. The number of hydrogen-bond donors (Lipinski definition) is 1. The molecule has 1 heterocycles. The van der Waals surface area contributed by atoms with Crippen LogP contribution in [0.2, 0.25) is 5.02 Å².